The first-order valence-corrected chi connectivity index (χ1v) is 6.00. The molecule has 0 aliphatic heterocycles. The number of primary sulfonamides is 1. The van der Waals surface area contributed by atoms with E-state index in [4.69, 9.17) is 5.14 Å². The van der Waals surface area contributed by atoms with Crippen LogP contribution in [0, 0.1) is 0 Å². The van der Waals surface area contributed by atoms with Gasteiger partial charge in [0.05, 0.1) is 4.90 Å². The molecule has 16 heavy (non-hydrogen) atoms. The summed E-state index contributed by atoms with van der Waals surface area (Å²) in [5.74, 6) is -0.319. The molecule has 0 heterocycles. The molecule has 0 aromatic heterocycles. The van der Waals surface area contributed by atoms with E-state index in [1.54, 1.807) is 12.1 Å². The van der Waals surface area contributed by atoms with Gasteiger partial charge in [0.15, 0.2) is 0 Å². The minimum atomic E-state index is -3.70. The molecule has 0 unspecified atom stereocenters. The van der Waals surface area contributed by atoms with Gasteiger partial charge in [0.2, 0.25) is 15.9 Å². The fourth-order valence-corrected chi connectivity index (χ4v) is 1.68. The summed E-state index contributed by atoms with van der Waals surface area (Å²) in [7, 11) is -3.70. The van der Waals surface area contributed by atoms with Gasteiger partial charge < -0.3 is 5.32 Å². The SMILES string of the molecule is C=CC(=O)NCc1cccc(S(N)(=O)=O)c1. The third-order valence-corrected chi connectivity index (χ3v) is 2.79. The van der Waals surface area contributed by atoms with Gasteiger partial charge >= 0.3 is 0 Å². The number of carbonyl (C=O) groups excluding carboxylic acids is 1. The van der Waals surface area contributed by atoms with Gasteiger partial charge in [-0.25, -0.2) is 13.6 Å². The second kappa shape index (κ2) is 4.91. The Morgan fingerprint density at radius 1 is 1.50 bits per heavy atom. The number of sulfonamides is 1. The van der Waals surface area contributed by atoms with E-state index in [1.165, 1.54) is 12.1 Å². The molecule has 6 heteroatoms. The Bertz CT molecular complexity index is 509. The second-order valence-corrected chi connectivity index (χ2v) is 4.68. The molecule has 0 saturated heterocycles. The van der Waals surface area contributed by atoms with Crippen LogP contribution >= 0.6 is 0 Å². The van der Waals surface area contributed by atoms with Crippen LogP contribution in [0.5, 0.6) is 0 Å². The van der Waals surface area contributed by atoms with E-state index in [0.717, 1.165) is 6.08 Å². The Kier molecular flexibility index (Phi) is 3.81. The predicted octanol–water partition coefficient (Wildman–Crippen LogP) is 0.136. The number of hydrogen-bond donors (Lipinski definition) is 2. The number of benzene rings is 1. The van der Waals surface area contributed by atoms with Crippen LogP contribution in [0.15, 0.2) is 41.8 Å². The fraction of sp³-hybridized carbons (Fsp3) is 0.100. The quantitative estimate of drug-likeness (QED) is 0.733. The first kappa shape index (κ1) is 12.4. The molecule has 0 atom stereocenters. The summed E-state index contributed by atoms with van der Waals surface area (Å²) in [4.78, 5) is 10.9. The summed E-state index contributed by atoms with van der Waals surface area (Å²) < 4.78 is 22.1. The van der Waals surface area contributed by atoms with Crippen molar-refractivity contribution in [1.82, 2.24) is 5.32 Å². The monoisotopic (exact) mass is 240 g/mol. The maximum Gasteiger partial charge on any atom is 0.243 e. The lowest BCUT2D eigenvalue weighted by molar-refractivity contribution is -0.116. The molecule has 0 bridgehead atoms. The van der Waals surface area contributed by atoms with E-state index >= 15 is 0 Å². The lowest BCUT2D eigenvalue weighted by Gasteiger charge is -2.04. The summed E-state index contributed by atoms with van der Waals surface area (Å²) >= 11 is 0. The number of rotatable bonds is 4. The largest absolute Gasteiger partial charge is 0.348 e. The molecule has 0 aliphatic carbocycles. The van der Waals surface area contributed by atoms with Gasteiger partial charge in [0.1, 0.15) is 0 Å². The minimum absolute atomic E-state index is 0.0258. The van der Waals surface area contributed by atoms with Crippen LogP contribution in [0.2, 0.25) is 0 Å². The van der Waals surface area contributed by atoms with Crippen LogP contribution < -0.4 is 10.5 Å². The topological polar surface area (TPSA) is 89.3 Å². The summed E-state index contributed by atoms with van der Waals surface area (Å²) in [6, 6.07) is 6.07. The van der Waals surface area contributed by atoms with Gasteiger partial charge in [0, 0.05) is 6.54 Å². The molecule has 5 nitrogen and oxygen atoms in total. The Morgan fingerprint density at radius 2 is 2.19 bits per heavy atom. The maximum absolute atomic E-state index is 11.1. The summed E-state index contributed by atoms with van der Waals surface area (Å²) in [6.07, 6.45) is 1.14. The number of nitrogens with two attached hydrogens (primary N) is 1. The summed E-state index contributed by atoms with van der Waals surface area (Å²) in [5, 5.41) is 7.51. The van der Waals surface area contributed by atoms with Gasteiger partial charge in [-0.2, -0.15) is 0 Å². The number of amides is 1. The molecule has 1 aromatic rings. The molecule has 0 radical (unpaired) electrons. The van der Waals surface area contributed by atoms with Crippen LogP contribution in [0.3, 0.4) is 0 Å². The Balaban J connectivity index is 2.84. The van der Waals surface area contributed by atoms with Crippen molar-refractivity contribution in [3.05, 3.63) is 42.5 Å². The van der Waals surface area contributed by atoms with Gasteiger partial charge in [-0.1, -0.05) is 18.7 Å². The first-order chi connectivity index (χ1) is 7.43. The van der Waals surface area contributed by atoms with Crippen molar-refractivity contribution in [3.63, 3.8) is 0 Å². The third-order valence-electron chi connectivity index (χ3n) is 1.88. The van der Waals surface area contributed by atoms with E-state index in [-0.39, 0.29) is 17.3 Å². The third kappa shape index (κ3) is 3.48. The molecule has 0 spiro atoms. The molecule has 3 N–H and O–H groups in total. The molecule has 0 saturated carbocycles. The normalized spacial score (nSPS) is 10.8. The highest BCUT2D eigenvalue weighted by molar-refractivity contribution is 7.89. The lowest BCUT2D eigenvalue weighted by Crippen LogP contribution is -2.20. The van der Waals surface area contributed by atoms with Crippen molar-refractivity contribution < 1.29 is 13.2 Å². The zero-order valence-corrected chi connectivity index (χ0v) is 9.33. The van der Waals surface area contributed by atoms with E-state index in [2.05, 4.69) is 11.9 Å². The maximum atomic E-state index is 11.1. The van der Waals surface area contributed by atoms with Crippen LogP contribution in [0.4, 0.5) is 0 Å². The number of nitrogens with one attached hydrogen (secondary N) is 1. The predicted molar refractivity (Wildman–Crippen MR) is 59.9 cm³/mol. The molecule has 0 aliphatic rings. The highest BCUT2D eigenvalue weighted by atomic mass is 32.2. The van der Waals surface area contributed by atoms with E-state index < -0.39 is 10.0 Å². The second-order valence-electron chi connectivity index (χ2n) is 3.11. The molecular formula is C10H12N2O3S. The van der Waals surface area contributed by atoms with Crippen LogP contribution in [0.1, 0.15) is 5.56 Å². The molecule has 1 aromatic carbocycles. The molecule has 1 rings (SSSR count). The van der Waals surface area contributed by atoms with E-state index in [9.17, 15) is 13.2 Å². The standard InChI is InChI=1S/C10H12N2O3S/c1-2-10(13)12-7-8-4-3-5-9(6-8)16(11,14)15/h2-6H,1,7H2,(H,12,13)(H2,11,14,15). The van der Waals surface area contributed by atoms with Crippen molar-refractivity contribution in [2.45, 2.75) is 11.4 Å². The number of carbonyl (C=O) groups is 1. The van der Waals surface area contributed by atoms with Crippen LogP contribution in [-0.2, 0) is 21.4 Å². The van der Waals surface area contributed by atoms with Gasteiger partial charge in [-0.3, -0.25) is 4.79 Å². The lowest BCUT2D eigenvalue weighted by atomic mass is 10.2. The van der Waals surface area contributed by atoms with Gasteiger partial charge in [0.25, 0.3) is 0 Å². The fourth-order valence-electron chi connectivity index (χ4n) is 1.09. The first-order valence-electron chi connectivity index (χ1n) is 4.45. The van der Waals surface area contributed by atoms with Gasteiger partial charge in [-0.05, 0) is 23.8 Å². The highest BCUT2D eigenvalue weighted by Crippen LogP contribution is 2.09. The van der Waals surface area contributed by atoms with Crippen molar-refractivity contribution >= 4 is 15.9 Å². The Hall–Kier alpha value is -1.66. The number of hydrogen-bond acceptors (Lipinski definition) is 3. The summed E-state index contributed by atoms with van der Waals surface area (Å²) in [6.45, 7) is 3.53. The van der Waals surface area contributed by atoms with Crippen LogP contribution in [0.25, 0.3) is 0 Å². The van der Waals surface area contributed by atoms with Gasteiger partial charge in [-0.15, -0.1) is 0 Å². The zero-order valence-electron chi connectivity index (χ0n) is 8.51. The Labute approximate surface area is 94.0 Å². The van der Waals surface area contributed by atoms with Crippen molar-refractivity contribution in [2.24, 2.45) is 5.14 Å². The molecule has 1 amide bonds. The van der Waals surface area contributed by atoms with E-state index in [0.29, 0.717) is 5.56 Å². The molecule has 0 fully saturated rings. The summed E-state index contributed by atoms with van der Waals surface area (Å²) in [5.41, 5.74) is 0.654. The smallest absolute Gasteiger partial charge is 0.243 e. The highest BCUT2D eigenvalue weighted by Gasteiger charge is 2.07. The Morgan fingerprint density at radius 3 is 2.75 bits per heavy atom. The van der Waals surface area contributed by atoms with Crippen molar-refractivity contribution in [2.75, 3.05) is 0 Å². The molecular weight excluding hydrogens is 228 g/mol. The average Bonchev–Trinajstić information content (AvgIpc) is 2.25. The van der Waals surface area contributed by atoms with E-state index in [1.807, 2.05) is 0 Å². The molecule has 86 valence electrons. The van der Waals surface area contributed by atoms with Crippen LogP contribution in [-0.4, -0.2) is 14.3 Å². The van der Waals surface area contributed by atoms with Crippen molar-refractivity contribution in [1.29, 1.82) is 0 Å². The minimum Gasteiger partial charge on any atom is -0.348 e. The van der Waals surface area contributed by atoms with Crippen molar-refractivity contribution in [3.8, 4) is 0 Å². The zero-order chi connectivity index (χ0) is 12.2. The average molecular weight is 240 g/mol.